The first-order chi connectivity index (χ1) is 13.4. The highest BCUT2D eigenvalue weighted by Crippen LogP contribution is 2.29. The molecule has 27 heavy (non-hydrogen) atoms. The van der Waals surface area contributed by atoms with Gasteiger partial charge in [0.2, 0.25) is 0 Å². The Morgan fingerprint density at radius 1 is 0.815 bits per heavy atom. The zero-order chi connectivity index (χ0) is 18.1. The van der Waals surface area contributed by atoms with Crippen LogP contribution in [-0.4, -0.2) is 63.2 Å². The fourth-order valence-electron chi connectivity index (χ4n) is 5.47. The number of aromatic nitrogens is 3. The van der Waals surface area contributed by atoms with Gasteiger partial charge in [0.05, 0.1) is 0 Å². The van der Waals surface area contributed by atoms with E-state index >= 15 is 0 Å². The molecule has 0 saturated carbocycles. The monoisotopic (exact) mass is 365 g/mol. The van der Waals surface area contributed by atoms with Crippen molar-refractivity contribution < 1.29 is 0 Å². The molecule has 5 nitrogen and oxygen atoms in total. The molecule has 1 unspecified atom stereocenters. The van der Waals surface area contributed by atoms with E-state index in [9.17, 15) is 0 Å². The lowest BCUT2D eigenvalue weighted by Gasteiger charge is -2.40. The van der Waals surface area contributed by atoms with Crippen LogP contribution in [0.15, 0.2) is 24.5 Å². The molecule has 144 valence electrons. The van der Waals surface area contributed by atoms with Crippen molar-refractivity contribution in [2.45, 2.75) is 63.5 Å². The summed E-state index contributed by atoms with van der Waals surface area (Å²) in [6, 6.07) is 8.45. The van der Waals surface area contributed by atoms with Crippen molar-refractivity contribution in [3.63, 3.8) is 0 Å². The van der Waals surface area contributed by atoms with Crippen LogP contribution in [0.25, 0.3) is 11.4 Å². The minimum atomic E-state index is 0.755. The van der Waals surface area contributed by atoms with Crippen molar-refractivity contribution >= 4 is 0 Å². The standard InChI is InChI=1S/C22H31N5/c1-2-12-26(11-1)21-9-13-27(14-10-21)20-7-5-17-3-4-19(15-18(17)6-8-20)22-23-16-24-25-22/h3-4,15-16,20-21H,1-2,5-14H2,(H,23,24,25). The van der Waals surface area contributed by atoms with Crippen LogP contribution in [0.3, 0.4) is 0 Å². The van der Waals surface area contributed by atoms with Gasteiger partial charge in [-0.1, -0.05) is 12.1 Å². The summed E-state index contributed by atoms with van der Waals surface area (Å²) in [5.41, 5.74) is 4.21. The normalized spacial score (nSPS) is 25.4. The largest absolute Gasteiger partial charge is 0.300 e. The van der Waals surface area contributed by atoms with Gasteiger partial charge in [0.25, 0.3) is 0 Å². The van der Waals surface area contributed by atoms with Gasteiger partial charge >= 0.3 is 0 Å². The summed E-state index contributed by atoms with van der Waals surface area (Å²) in [7, 11) is 0. The Morgan fingerprint density at radius 2 is 1.52 bits per heavy atom. The molecule has 1 aromatic carbocycles. The van der Waals surface area contributed by atoms with E-state index in [0.717, 1.165) is 23.5 Å². The van der Waals surface area contributed by atoms with Crippen molar-refractivity contribution in [3.05, 3.63) is 35.7 Å². The molecule has 0 spiro atoms. The number of nitrogens with zero attached hydrogens (tertiary/aromatic N) is 4. The fraction of sp³-hybridized carbons (Fsp3) is 0.636. The average Bonchev–Trinajstić information content (AvgIpc) is 3.40. The SMILES string of the molecule is c1n[nH]c(-c2ccc3c(c2)CCC(N2CCC(N4CCCC4)CC2)CC3)n1. The Hall–Kier alpha value is -1.72. The van der Waals surface area contributed by atoms with E-state index in [1.807, 2.05) is 0 Å². The van der Waals surface area contributed by atoms with Gasteiger partial charge in [0.1, 0.15) is 6.33 Å². The van der Waals surface area contributed by atoms with Gasteiger partial charge in [-0.05, 0) is 94.7 Å². The van der Waals surface area contributed by atoms with Crippen LogP contribution in [0.1, 0.15) is 49.7 Å². The molecule has 5 rings (SSSR count). The Labute approximate surface area is 162 Å². The van der Waals surface area contributed by atoms with Gasteiger partial charge in [0.15, 0.2) is 5.82 Å². The summed E-state index contributed by atoms with van der Waals surface area (Å²) < 4.78 is 0. The van der Waals surface area contributed by atoms with Crippen molar-refractivity contribution in [2.75, 3.05) is 26.2 Å². The van der Waals surface area contributed by atoms with E-state index in [1.165, 1.54) is 88.7 Å². The van der Waals surface area contributed by atoms with Crippen LogP contribution in [-0.2, 0) is 12.8 Å². The van der Waals surface area contributed by atoms with E-state index in [-0.39, 0.29) is 0 Å². The Kier molecular flexibility index (Phi) is 4.97. The number of rotatable bonds is 3. The number of aromatic amines is 1. The molecule has 3 aliphatic rings. The first kappa shape index (κ1) is 17.4. The zero-order valence-corrected chi connectivity index (χ0v) is 16.2. The van der Waals surface area contributed by atoms with Gasteiger partial charge in [0, 0.05) is 17.6 Å². The number of benzene rings is 1. The second kappa shape index (κ2) is 7.72. The average molecular weight is 366 g/mol. The van der Waals surface area contributed by atoms with E-state index < -0.39 is 0 Å². The van der Waals surface area contributed by atoms with Crippen molar-refractivity contribution in [1.82, 2.24) is 25.0 Å². The van der Waals surface area contributed by atoms with Gasteiger partial charge in [-0.15, -0.1) is 0 Å². The fourth-order valence-corrected chi connectivity index (χ4v) is 5.47. The molecule has 0 bridgehead atoms. The number of H-pyrrole nitrogens is 1. The Balaban J connectivity index is 1.21. The molecule has 5 heteroatoms. The number of hydrogen-bond donors (Lipinski definition) is 1. The molecule has 1 aromatic heterocycles. The lowest BCUT2D eigenvalue weighted by molar-refractivity contribution is 0.0900. The Morgan fingerprint density at radius 3 is 2.26 bits per heavy atom. The lowest BCUT2D eigenvalue weighted by Crippen LogP contribution is -2.47. The van der Waals surface area contributed by atoms with Crippen LogP contribution in [0.4, 0.5) is 0 Å². The number of fused-ring (bicyclic) bond motifs is 1. The molecular weight excluding hydrogens is 334 g/mol. The summed E-state index contributed by atoms with van der Waals surface area (Å²) in [6.45, 7) is 5.28. The number of nitrogens with one attached hydrogen (secondary N) is 1. The summed E-state index contributed by atoms with van der Waals surface area (Å²) in [6.07, 6.45) is 12.2. The van der Waals surface area contributed by atoms with Crippen molar-refractivity contribution in [1.29, 1.82) is 0 Å². The maximum atomic E-state index is 4.31. The summed E-state index contributed by atoms with van der Waals surface area (Å²) in [4.78, 5) is 9.86. The first-order valence-corrected chi connectivity index (χ1v) is 10.8. The lowest BCUT2D eigenvalue weighted by atomic mass is 9.98. The van der Waals surface area contributed by atoms with Crippen LogP contribution in [0.5, 0.6) is 0 Å². The predicted molar refractivity (Wildman–Crippen MR) is 108 cm³/mol. The van der Waals surface area contributed by atoms with E-state index in [4.69, 9.17) is 0 Å². The zero-order valence-electron chi connectivity index (χ0n) is 16.2. The highest BCUT2D eigenvalue weighted by molar-refractivity contribution is 5.57. The third kappa shape index (κ3) is 3.67. The van der Waals surface area contributed by atoms with E-state index in [2.05, 4.69) is 43.2 Å². The minimum absolute atomic E-state index is 0.755. The van der Waals surface area contributed by atoms with Gasteiger partial charge < -0.3 is 9.80 Å². The second-order valence-electron chi connectivity index (χ2n) is 8.56. The summed E-state index contributed by atoms with van der Waals surface area (Å²) in [5.74, 6) is 0.877. The molecule has 1 aliphatic carbocycles. The van der Waals surface area contributed by atoms with Gasteiger partial charge in [-0.3, -0.25) is 5.10 Å². The highest BCUT2D eigenvalue weighted by Gasteiger charge is 2.30. The van der Waals surface area contributed by atoms with Gasteiger partial charge in [-0.2, -0.15) is 5.10 Å². The molecule has 2 fully saturated rings. The summed E-state index contributed by atoms with van der Waals surface area (Å²) in [5, 5.41) is 6.98. The topological polar surface area (TPSA) is 48.1 Å². The van der Waals surface area contributed by atoms with Crippen molar-refractivity contribution in [2.24, 2.45) is 0 Å². The van der Waals surface area contributed by atoms with Gasteiger partial charge in [-0.25, -0.2) is 4.98 Å². The van der Waals surface area contributed by atoms with Crippen LogP contribution < -0.4 is 0 Å². The highest BCUT2D eigenvalue weighted by atomic mass is 15.2. The summed E-state index contributed by atoms with van der Waals surface area (Å²) >= 11 is 0. The molecular formula is C22H31N5. The molecule has 2 aliphatic heterocycles. The van der Waals surface area contributed by atoms with E-state index in [1.54, 1.807) is 6.33 Å². The van der Waals surface area contributed by atoms with Crippen LogP contribution in [0.2, 0.25) is 0 Å². The second-order valence-corrected chi connectivity index (χ2v) is 8.56. The maximum absolute atomic E-state index is 4.31. The quantitative estimate of drug-likeness (QED) is 0.848. The molecule has 3 heterocycles. The predicted octanol–water partition coefficient (Wildman–Crippen LogP) is 3.28. The third-order valence-electron chi connectivity index (χ3n) is 7.06. The molecule has 0 amide bonds. The molecule has 1 atom stereocenters. The molecule has 1 N–H and O–H groups in total. The number of piperidine rings is 1. The maximum Gasteiger partial charge on any atom is 0.155 e. The number of hydrogen-bond acceptors (Lipinski definition) is 4. The first-order valence-electron chi connectivity index (χ1n) is 10.8. The van der Waals surface area contributed by atoms with Crippen molar-refractivity contribution in [3.8, 4) is 11.4 Å². The molecule has 2 saturated heterocycles. The molecule has 2 aromatic rings. The number of aryl methyl sites for hydroxylation is 2. The van der Waals surface area contributed by atoms with Crippen LogP contribution >= 0.6 is 0 Å². The smallest absolute Gasteiger partial charge is 0.155 e. The van der Waals surface area contributed by atoms with Crippen LogP contribution in [0, 0.1) is 0 Å². The minimum Gasteiger partial charge on any atom is -0.300 e. The van der Waals surface area contributed by atoms with E-state index in [0.29, 0.717) is 0 Å². The number of likely N-dealkylation sites (tertiary alicyclic amines) is 2. The third-order valence-corrected chi connectivity index (χ3v) is 7.06. The Bertz CT molecular complexity index is 742. The molecule has 0 radical (unpaired) electrons.